The number of para-hydroxylation sites is 1. The number of hydrogen-bond donors (Lipinski definition) is 0. The summed E-state index contributed by atoms with van der Waals surface area (Å²) in [6, 6.07) is 19.6. The van der Waals surface area contributed by atoms with Crippen molar-refractivity contribution >= 4 is 21.5 Å². The third-order valence-corrected chi connectivity index (χ3v) is 6.66. The third-order valence-electron chi connectivity index (χ3n) is 4.90. The molecule has 3 aromatic carbocycles. The van der Waals surface area contributed by atoms with E-state index in [4.69, 9.17) is 0 Å². The first kappa shape index (κ1) is 17.5. The number of anilines is 1. The van der Waals surface area contributed by atoms with Crippen LogP contribution in [0.15, 0.2) is 71.6 Å². The van der Waals surface area contributed by atoms with E-state index in [9.17, 15) is 13.2 Å². The first-order valence-corrected chi connectivity index (χ1v) is 10.2. The van der Waals surface area contributed by atoms with Gasteiger partial charge in [0.15, 0.2) is 5.78 Å². The largest absolute Gasteiger partial charge is 0.292 e. The maximum Gasteiger partial charge on any atom is 0.264 e. The molecule has 0 saturated carbocycles. The third kappa shape index (κ3) is 2.84. The number of nitrogens with zero attached hydrogens (tertiary/aromatic N) is 1. The number of fused-ring (bicyclic) bond motifs is 3. The number of rotatable bonds is 2. The highest BCUT2D eigenvalue weighted by Crippen LogP contribution is 2.40. The minimum atomic E-state index is -3.88. The van der Waals surface area contributed by atoms with Gasteiger partial charge in [0.25, 0.3) is 10.0 Å². The van der Waals surface area contributed by atoms with Crippen LogP contribution in [0, 0.1) is 13.8 Å². The highest BCUT2D eigenvalue weighted by Gasteiger charge is 2.34. The van der Waals surface area contributed by atoms with E-state index < -0.39 is 10.0 Å². The van der Waals surface area contributed by atoms with E-state index >= 15 is 0 Å². The van der Waals surface area contributed by atoms with Gasteiger partial charge in [-0.05, 0) is 37.1 Å². The zero-order valence-electron chi connectivity index (χ0n) is 15.1. The minimum Gasteiger partial charge on any atom is -0.292 e. The average molecular weight is 377 g/mol. The number of benzene rings is 3. The van der Waals surface area contributed by atoms with Gasteiger partial charge in [-0.25, -0.2) is 8.42 Å². The van der Waals surface area contributed by atoms with Crippen LogP contribution in [-0.4, -0.2) is 20.7 Å². The van der Waals surface area contributed by atoms with E-state index in [2.05, 4.69) is 0 Å². The van der Waals surface area contributed by atoms with E-state index in [1.807, 2.05) is 44.2 Å². The molecule has 0 saturated heterocycles. The molecule has 5 heteroatoms. The Balaban J connectivity index is 1.99. The quantitative estimate of drug-likeness (QED) is 0.667. The van der Waals surface area contributed by atoms with E-state index in [0.29, 0.717) is 11.3 Å². The number of ketones is 1. The summed E-state index contributed by atoms with van der Waals surface area (Å²) in [5.41, 5.74) is 4.43. The van der Waals surface area contributed by atoms with Crippen molar-refractivity contribution in [3.63, 3.8) is 0 Å². The summed E-state index contributed by atoms with van der Waals surface area (Å²) in [6.45, 7) is 3.56. The number of Topliss-reactive ketones (excluding diaryl/α,β-unsaturated/α-hetero) is 1. The zero-order chi connectivity index (χ0) is 19.2. The van der Waals surface area contributed by atoms with Crippen LogP contribution >= 0.6 is 0 Å². The monoisotopic (exact) mass is 377 g/mol. The lowest BCUT2D eigenvalue weighted by Crippen LogP contribution is -2.35. The summed E-state index contributed by atoms with van der Waals surface area (Å²) in [5, 5.41) is 0. The van der Waals surface area contributed by atoms with Crippen LogP contribution in [-0.2, 0) is 10.0 Å². The molecule has 27 heavy (non-hydrogen) atoms. The van der Waals surface area contributed by atoms with Crippen molar-refractivity contribution in [2.24, 2.45) is 0 Å². The molecule has 136 valence electrons. The summed E-state index contributed by atoms with van der Waals surface area (Å²) in [5.74, 6) is -0.211. The summed E-state index contributed by atoms with van der Waals surface area (Å²) in [6.07, 6.45) is 0. The molecule has 3 aromatic rings. The second kappa shape index (κ2) is 6.35. The van der Waals surface area contributed by atoms with E-state index in [1.54, 1.807) is 36.4 Å². The van der Waals surface area contributed by atoms with Gasteiger partial charge in [0.05, 0.1) is 17.1 Å². The Kier molecular flexibility index (Phi) is 4.12. The molecule has 0 atom stereocenters. The standard InChI is InChI=1S/C22H19NO3S/c1-15-10-12-17(13-11-15)27(25,26)23-14-21(24)19-8-4-3-7-18(19)20-9-5-6-16(2)22(20)23/h3-13H,14H2,1-2H3. The predicted molar refractivity (Wildman–Crippen MR) is 107 cm³/mol. The molecule has 1 aliphatic rings. The summed E-state index contributed by atoms with van der Waals surface area (Å²) in [7, 11) is -3.88. The van der Waals surface area contributed by atoms with Gasteiger partial charge in [-0.3, -0.25) is 9.10 Å². The lowest BCUT2D eigenvalue weighted by Gasteiger charge is -2.25. The molecule has 0 bridgehead atoms. The van der Waals surface area contributed by atoms with Crippen LogP contribution < -0.4 is 4.31 Å². The highest BCUT2D eigenvalue weighted by atomic mass is 32.2. The first-order chi connectivity index (χ1) is 12.9. The lowest BCUT2D eigenvalue weighted by molar-refractivity contribution is 0.100. The molecule has 0 amide bonds. The van der Waals surface area contributed by atoms with Gasteiger partial charge >= 0.3 is 0 Å². The van der Waals surface area contributed by atoms with Crippen molar-refractivity contribution in [2.45, 2.75) is 18.7 Å². The van der Waals surface area contributed by atoms with E-state index in [-0.39, 0.29) is 17.2 Å². The molecular weight excluding hydrogens is 358 g/mol. The van der Waals surface area contributed by atoms with Crippen molar-refractivity contribution in [1.82, 2.24) is 0 Å². The number of sulfonamides is 1. The molecule has 0 aromatic heterocycles. The molecule has 0 spiro atoms. The van der Waals surface area contributed by atoms with Gasteiger partial charge in [0, 0.05) is 11.1 Å². The smallest absolute Gasteiger partial charge is 0.264 e. The molecular formula is C22H19NO3S. The number of aryl methyl sites for hydroxylation is 2. The number of carbonyl (C=O) groups excluding carboxylic acids is 1. The molecule has 0 radical (unpaired) electrons. The Hall–Kier alpha value is -2.92. The maximum atomic E-state index is 13.4. The van der Waals surface area contributed by atoms with Crippen molar-refractivity contribution < 1.29 is 13.2 Å². The summed E-state index contributed by atoms with van der Waals surface area (Å²) < 4.78 is 28.1. The van der Waals surface area contributed by atoms with Gasteiger partial charge in [-0.15, -0.1) is 0 Å². The molecule has 0 fully saturated rings. The zero-order valence-corrected chi connectivity index (χ0v) is 16.0. The van der Waals surface area contributed by atoms with Crippen LogP contribution in [0.1, 0.15) is 21.5 Å². The molecule has 1 aliphatic heterocycles. The van der Waals surface area contributed by atoms with Gasteiger partial charge < -0.3 is 0 Å². The van der Waals surface area contributed by atoms with E-state index in [1.165, 1.54) is 4.31 Å². The fraction of sp³-hybridized carbons (Fsp3) is 0.136. The number of hydrogen-bond acceptors (Lipinski definition) is 3. The van der Waals surface area contributed by atoms with Crippen molar-refractivity contribution in [3.8, 4) is 11.1 Å². The van der Waals surface area contributed by atoms with E-state index in [0.717, 1.165) is 22.3 Å². The van der Waals surface area contributed by atoms with Crippen LogP contribution in [0.3, 0.4) is 0 Å². The first-order valence-electron chi connectivity index (χ1n) is 8.71. The van der Waals surface area contributed by atoms with Gasteiger partial charge in [0.2, 0.25) is 0 Å². The summed E-state index contributed by atoms with van der Waals surface area (Å²) in [4.78, 5) is 13.1. The van der Waals surface area contributed by atoms with Crippen molar-refractivity contribution in [3.05, 3.63) is 83.4 Å². The van der Waals surface area contributed by atoms with Crippen LogP contribution in [0.2, 0.25) is 0 Å². The fourth-order valence-corrected chi connectivity index (χ4v) is 5.01. The van der Waals surface area contributed by atoms with Gasteiger partial charge in [-0.2, -0.15) is 0 Å². The number of carbonyl (C=O) groups is 1. The molecule has 4 nitrogen and oxygen atoms in total. The normalized spacial score (nSPS) is 13.7. The summed E-state index contributed by atoms with van der Waals surface area (Å²) >= 11 is 0. The Morgan fingerprint density at radius 3 is 2.11 bits per heavy atom. The molecule has 1 heterocycles. The van der Waals surface area contributed by atoms with Gasteiger partial charge in [-0.1, -0.05) is 60.2 Å². The predicted octanol–water partition coefficient (Wildman–Crippen LogP) is 4.36. The van der Waals surface area contributed by atoms with Crippen LogP contribution in [0.4, 0.5) is 5.69 Å². The Labute approximate surface area is 159 Å². The van der Waals surface area contributed by atoms with Gasteiger partial charge in [0.1, 0.15) is 0 Å². The average Bonchev–Trinajstić information content (AvgIpc) is 2.79. The van der Waals surface area contributed by atoms with Crippen LogP contribution in [0.5, 0.6) is 0 Å². The molecule has 4 rings (SSSR count). The van der Waals surface area contributed by atoms with Crippen LogP contribution in [0.25, 0.3) is 11.1 Å². The molecule has 0 aliphatic carbocycles. The molecule has 0 unspecified atom stereocenters. The maximum absolute atomic E-state index is 13.4. The Bertz CT molecular complexity index is 1150. The highest BCUT2D eigenvalue weighted by molar-refractivity contribution is 7.92. The van der Waals surface area contributed by atoms with Crippen molar-refractivity contribution in [2.75, 3.05) is 10.8 Å². The lowest BCUT2D eigenvalue weighted by atomic mass is 9.96. The second-order valence-corrected chi connectivity index (χ2v) is 8.63. The molecule has 0 N–H and O–H groups in total. The Morgan fingerprint density at radius 1 is 0.778 bits per heavy atom. The minimum absolute atomic E-state index is 0.182. The second-order valence-electron chi connectivity index (χ2n) is 6.76. The van der Waals surface area contributed by atoms with Crippen molar-refractivity contribution in [1.29, 1.82) is 0 Å². The SMILES string of the molecule is Cc1ccc(S(=O)(=O)N2CC(=O)c3ccccc3-c3cccc(C)c32)cc1. The Morgan fingerprint density at radius 2 is 1.41 bits per heavy atom. The topological polar surface area (TPSA) is 54.5 Å². The fourth-order valence-electron chi connectivity index (χ4n) is 3.51.